The van der Waals surface area contributed by atoms with E-state index in [4.69, 9.17) is 5.73 Å². The van der Waals surface area contributed by atoms with Crippen LogP contribution in [0.25, 0.3) is 11.0 Å². The Kier molecular flexibility index (Phi) is 3.85. The molecule has 0 spiro atoms. The zero-order valence-corrected chi connectivity index (χ0v) is 11.3. The van der Waals surface area contributed by atoms with Crippen LogP contribution >= 0.6 is 0 Å². The Morgan fingerprint density at radius 1 is 1.26 bits per heavy atom. The molecule has 0 bridgehead atoms. The Balaban J connectivity index is 2.18. The Labute approximate surface area is 112 Å². The number of nitrogens with zero attached hydrogens (tertiary/aromatic N) is 2. The molecule has 1 aromatic carbocycles. The highest BCUT2D eigenvalue weighted by molar-refractivity contribution is 5.79. The molecular formula is C14H20N4O. The van der Waals surface area contributed by atoms with Crippen molar-refractivity contribution < 1.29 is 5.11 Å². The van der Waals surface area contributed by atoms with Crippen LogP contribution < -0.4 is 11.1 Å². The van der Waals surface area contributed by atoms with Gasteiger partial charge in [-0.3, -0.25) is 0 Å². The number of nitrogens with one attached hydrogen (secondary N) is 1. The summed E-state index contributed by atoms with van der Waals surface area (Å²) in [4.78, 5) is 8.72. The number of nitrogens with two attached hydrogens (primary N) is 1. The summed E-state index contributed by atoms with van der Waals surface area (Å²) in [6, 6.07) is 7.56. The lowest BCUT2D eigenvalue weighted by Crippen LogP contribution is -2.33. The number of hydrogen-bond acceptors (Lipinski definition) is 5. The van der Waals surface area contributed by atoms with Gasteiger partial charge in [-0.05, 0) is 25.5 Å². The monoisotopic (exact) mass is 260 g/mol. The van der Waals surface area contributed by atoms with Gasteiger partial charge in [-0.15, -0.1) is 0 Å². The van der Waals surface area contributed by atoms with Crippen LogP contribution in [0.2, 0.25) is 0 Å². The Morgan fingerprint density at radius 3 is 2.53 bits per heavy atom. The smallest absolute Gasteiger partial charge is 0.169 e. The number of rotatable bonds is 5. The molecule has 5 nitrogen and oxygen atoms in total. The lowest BCUT2D eigenvalue weighted by molar-refractivity contribution is 0.0636. The van der Waals surface area contributed by atoms with Crippen molar-refractivity contribution >= 4 is 22.7 Å². The van der Waals surface area contributed by atoms with Crippen molar-refractivity contribution in [1.29, 1.82) is 0 Å². The number of para-hydroxylation sites is 2. The van der Waals surface area contributed by atoms with Gasteiger partial charge in [-0.2, -0.15) is 0 Å². The summed E-state index contributed by atoms with van der Waals surface area (Å²) >= 11 is 0. The fourth-order valence-corrected chi connectivity index (χ4v) is 2.04. The summed E-state index contributed by atoms with van der Waals surface area (Å²) in [5.74, 6) is 0.876. The fraction of sp³-hybridized carbons (Fsp3) is 0.429. The molecule has 0 aliphatic carbocycles. The summed E-state index contributed by atoms with van der Waals surface area (Å²) in [6.45, 7) is 4.24. The van der Waals surface area contributed by atoms with Gasteiger partial charge in [0.25, 0.3) is 0 Å². The van der Waals surface area contributed by atoms with Gasteiger partial charge in [-0.25, -0.2) is 9.97 Å². The highest BCUT2D eigenvalue weighted by Gasteiger charge is 2.19. The number of nitrogen functional groups attached to an aromatic ring is 1. The van der Waals surface area contributed by atoms with Crippen molar-refractivity contribution in [2.24, 2.45) is 0 Å². The van der Waals surface area contributed by atoms with E-state index < -0.39 is 5.60 Å². The van der Waals surface area contributed by atoms with Gasteiger partial charge in [-0.1, -0.05) is 25.5 Å². The maximum absolute atomic E-state index is 10.1. The second kappa shape index (κ2) is 5.40. The van der Waals surface area contributed by atoms with E-state index in [0.29, 0.717) is 18.2 Å². The molecule has 102 valence electrons. The maximum atomic E-state index is 10.1. The minimum atomic E-state index is -0.769. The molecule has 0 aliphatic heterocycles. The summed E-state index contributed by atoms with van der Waals surface area (Å²) in [5, 5.41) is 13.2. The topological polar surface area (TPSA) is 84.1 Å². The molecule has 5 heteroatoms. The summed E-state index contributed by atoms with van der Waals surface area (Å²) < 4.78 is 0. The fourth-order valence-electron chi connectivity index (χ4n) is 2.04. The van der Waals surface area contributed by atoms with Gasteiger partial charge in [0.05, 0.1) is 16.6 Å². The first-order valence-corrected chi connectivity index (χ1v) is 6.50. The van der Waals surface area contributed by atoms with E-state index >= 15 is 0 Å². The normalized spacial score (nSPS) is 14.3. The van der Waals surface area contributed by atoms with E-state index in [0.717, 1.165) is 23.9 Å². The largest absolute Gasteiger partial charge is 0.388 e. The highest BCUT2D eigenvalue weighted by Crippen LogP contribution is 2.20. The zero-order chi connectivity index (χ0) is 13.9. The minimum Gasteiger partial charge on any atom is -0.388 e. The van der Waals surface area contributed by atoms with E-state index in [1.807, 2.05) is 31.2 Å². The average molecular weight is 260 g/mol. The first-order chi connectivity index (χ1) is 9.02. The molecule has 4 N–H and O–H groups in total. The third-order valence-corrected chi connectivity index (χ3v) is 3.02. The summed E-state index contributed by atoms with van der Waals surface area (Å²) in [5.41, 5.74) is 6.66. The van der Waals surface area contributed by atoms with Crippen molar-refractivity contribution in [3.8, 4) is 0 Å². The lowest BCUT2D eigenvalue weighted by atomic mass is 10.0. The van der Waals surface area contributed by atoms with Crippen LogP contribution in [0.15, 0.2) is 24.3 Å². The number of benzene rings is 1. The van der Waals surface area contributed by atoms with Crippen molar-refractivity contribution in [3.63, 3.8) is 0 Å². The quantitative estimate of drug-likeness (QED) is 0.767. The minimum absolute atomic E-state index is 0.353. The third kappa shape index (κ3) is 3.32. The molecule has 0 saturated heterocycles. The SMILES string of the molecule is CCCC(C)(O)CNc1nc2ccccc2nc1N. The number of aliphatic hydroxyl groups is 1. The molecule has 1 heterocycles. The standard InChI is InChI=1S/C14H20N4O/c1-3-8-14(2,19)9-16-13-12(15)17-10-6-4-5-7-11(10)18-13/h4-7,19H,3,8-9H2,1-2H3,(H2,15,17)(H,16,18). The molecule has 0 amide bonds. The predicted octanol–water partition coefficient (Wildman–Crippen LogP) is 2.17. The number of aromatic nitrogens is 2. The molecule has 0 aliphatic rings. The second-order valence-electron chi connectivity index (χ2n) is 5.05. The molecule has 19 heavy (non-hydrogen) atoms. The Morgan fingerprint density at radius 2 is 1.89 bits per heavy atom. The van der Waals surface area contributed by atoms with Crippen LogP contribution in [0.1, 0.15) is 26.7 Å². The van der Waals surface area contributed by atoms with Gasteiger partial charge in [0, 0.05) is 6.54 Å². The Hall–Kier alpha value is -1.88. The van der Waals surface area contributed by atoms with Gasteiger partial charge in [0.15, 0.2) is 11.6 Å². The number of hydrogen-bond donors (Lipinski definition) is 3. The van der Waals surface area contributed by atoms with Crippen molar-refractivity contribution in [3.05, 3.63) is 24.3 Å². The van der Waals surface area contributed by atoms with Crippen LogP contribution in [0.3, 0.4) is 0 Å². The van der Waals surface area contributed by atoms with E-state index in [-0.39, 0.29) is 0 Å². The molecule has 1 aromatic heterocycles. The van der Waals surface area contributed by atoms with Crippen molar-refractivity contribution in [1.82, 2.24) is 9.97 Å². The van der Waals surface area contributed by atoms with Crippen LogP contribution in [0, 0.1) is 0 Å². The van der Waals surface area contributed by atoms with Crippen molar-refractivity contribution in [2.45, 2.75) is 32.3 Å². The summed E-state index contributed by atoms with van der Waals surface area (Å²) in [7, 11) is 0. The molecule has 2 aromatic rings. The number of anilines is 2. The van der Waals surface area contributed by atoms with E-state index in [9.17, 15) is 5.11 Å². The second-order valence-corrected chi connectivity index (χ2v) is 5.05. The number of fused-ring (bicyclic) bond motifs is 1. The highest BCUT2D eigenvalue weighted by atomic mass is 16.3. The Bertz CT molecular complexity index is 568. The van der Waals surface area contributed by atoms with Crippen LogP contribution in [-0.2, 0) is 0 Å². The van der Waals surface area contributed by atoms with Crippen molar-refractivity contribution in [2.75, 3.05) is 17.6 Å². The molecule has 0 saturated carbocycles. The molecule has 2 rings (SSSR count). The molecule has 0 radical (unpaired) electrons. The van der Waals surface area contributed by atoms with Crippen LogP contribution in [0.4, 0.5) is 11.6 Å². The van der Waals surface area contributed by atoms with Gasteiger partial charge < -0.3 is 16.2 Å². The first kappa shape index (κ1) is 13.5. The van der Waals surface area contributed by atoms with E-state index in [2.05, 4.69) is 15.3 Å². The third-order valence-electron chi connectivity index (χ3n) is 3.02. The van der Waals surface area contributed by atoms with Crippen LogP contribution in [0.5, 0.6) is 0 Å². The molecular weight excluding hydrogens is 240 g/mol. The van der Waals surface area contributed by atoms with E-state index in [1.54, 1.807) is 6.92 Å². The molecule has 1 unspecified atom stereocenters. The van der Waals surface area contributed by atoms with Crippen LogP contribution in [-0.4, -0.2) is 27.2 Å². The zero-order valence-electron chi connectivity index (χ0n) is 11.3. The first-order valence-electron chi connectivity index (χ1n) is 6.50. The molecule has 1 atom stereocenters. The van der Waals surface area contributed by atoms with Gasteiger partial charge in [0.1, 0.15) is 0 Å². The predicted molar refractivity (Wildman–Crippen MR) is 78.0 cm³/mol. The average Bonchev–Trinajstić information content (AvgIpc) is 2.36. The van der Waals surface area contributed by atoms with Gasteiger partial charge in [0.2, 0.25) is 0 Å². The summed E-state index contributed by atoms with van der Waals surface area (Å²) in [6.07, 6.45) is 1.65. The van der Waals surface area contributed by atoms with E-state index in [1.165, 1.54) is 0 Å². The lowest BCUT2D eigenvalue weighted by Gasteiger charge is -2.23. The van der Waals surface area contributed by atoms with Gasteiger partial charge >= 0.3 is 0 Å². The maximum Gasteiger partial charge on any atom is 0.169 e. The molecule has 0 fully saturated rings.